The lowest BCUT2D eigenvalue weighted by atomic mass is 9.65. The lowest BCUT2D eigenvalue weighted by Crippen LogP contribution is -2.34. The average molecular weight is 406 g/mol. The molecule has 2 aromatic carbocycles. The van der Waals surface area contributed by atoms with Crippen LogP contribution in [0.25, 0.3) is 22.2 Å². The average Bonchev–Trinajstić information content (AvgIpc) is 3.12. The van der Waals surface area contributed by atoms with E-state index in [0.29, 0.717) is 17.6 Å². The summed E-state index contributed by atoms with van der Waals surface area (Å²) in [6.07, 6.45) is 6.64. The van der Waals surface area contributed by atoms with Crippen molar-refractivity contribution in [3.63, 3.8) is 0 Å². The molecular weight excluding hydrogens is 378 g/mol. The first kappa shape index (κ1) is 18.9. The van der Waals surface area contributed by atoms with Crippen LogP contribution in [-0.4, -0.2) is 10.8 Å². The van der Waals surface area contributed by atoms with E-state index in [9.17, 15) is 4.79 Å². The van der Waals surface area contributed by atoms with Crippen molar-refractivity contribution in [1.82, 2.24) is 4.98 Å². The number of carbonyl (C=O) groups is 1. The lowest BCUT2D eigenvalue weighted by Gasteiger charge is -2.38. The minimum absolute atomic E-state index is 0.269. The third-order valence-electron chi connectivity index (χ3n) is 7.24. The van der Waals surface area contributed by atoms with Crippen LogP contribution in [0.2, 0.25) is 5.02 Å². The maximum atomic E-state index is 12.9. The Labute approximate surface area is 177 Å². The van der Waals surface area contributed by atoms with Crippen molar-refractivity contribution in [3.05, 3.63) is 59.1 Å². The molecule has 5 rings (SSSR count). The third-order valence-corrected chi connectivity index (χ3v) is 7.57. The molecule has 0 amide bonds. The van der Waals surface area contributed by atoms with Crippen LogP contribution in [0.15, 0.2) is 48.5 Å². The number of carbonyl (C=O) groups excluding carboxylic acids is 1. The zero-order chi connectivity index (χ0) is 20.0. The normalized spacial score (nSPS) is 27.0. The summed E-state index contributed by atoms with van der Waals surface area (Å²) >= 11 is 6.54. The molecule has 1 aromatic heterocycles. The molecule has 2 fully saturated rings. The minimum atomic E-state index is 0.269. The second kappa shape index (κ2) is 7.65. The molecule has 0 atom stereocenters. The lowest BCUT2D eigenvalue weighted by molar-refractivity contribution is -0.131. The molecule has 150 valence electrons. The Hall–Kier alpha value is -2.06. The molecular formula is C26H28ClNO. The van der Waals surface area contributed by atoms with Gasteiger partial charge in [-0.1, -0.05) is 55.6 Å². The number of benzene rings is 2. The molecule has 2 aliphatic carbocycles. The van der Waals surface area contributed by atoms with Gasteiger partial charge in [0.05, 0.1) is 0 Å². The quantitative estimate of drug-likeness (QED) is 0.482. The molecule has 3 aromatic rings. The molecule has 2 nitrogen and oxygen atoms in total. The molecule has 1 N–H and O–H groups in total. The molecule has 2 aliphatic rings. The fourth-order valence-corrected chi connectivity index (χ4v) is 5.44. The second-order valence-corrected chi connectivity index (χ2v) is 9.64. The third kappa shape index (κ3) is 3.64. The first-order valence-corrected chi connectivity index (χ1v) is 11.4. The largest absolute Gasteiger partial charge is 0.354 e. The molecule has 0 unspecified atom stereocenters. The molecule has 0 radical (unpaired) electrons. The summed E-state index contributed by atoms with van der Waals surface area (Å²) in [4.78, 5) is 16.4. The monoisotopic (exact) mass is 405 g/mol. The van der Waals surface area contributed by atoms with E-state index in [2.05, 4.69) is 48.3 Å². The maximum absolute atomic E-state index is 12.9. The van der Waals surface area contributed by atoms with Gasteiger partial charge in [-0.2, -0.15) is 0 Å². The molecule has 0 aliphatic heterocycles. The SMILES string of the molecule is CC1CCC(C(=O)C2CC(c3ccc(Cl)c(-c4cc5ccccc5[nH]4)c3)C2)CC1. The van der Waals surface area contributed by atoms with E-state index in [1.165, 1.54) is 23.8 Å². The van der Waals surface area contributed by atoms with Gasteiger partial charge in [-0.15, -0.1) is 0 Å². The number of hydrogen-bond acceptors (Lipinski definition) is 1. The Kier molecular flexibility index (Phi) is 4.99. The number of nitrogens with one attached hydrogen (secondary N) is 1. The molecule has 0 saturated heterocycles. The Balaban J connectivity index is 1.30. The van der Waals surface area contributed by atoms with Crippen molar-refractivity contribution < 1.29 is 4.79 Å². The van der Waals surface area contributed by atoms with Crippen molar-refractivity contribution in [3.8, 4) is 11.3 Å². The predicted octanol–water partition coefficient (Wildman–Crippen LogP) is 7.38. The highest BCUT2D eigenvalue weighted by molar-refractivity contribution is 6.33. The number of H-pyrrole nitrogens is 1. The molecule has 1 heterocycles. The molecule has 3 heteroatoms. The summed E-state index contributed by atoms with van der Waals surface area (Å²) in [5.74, 6) is 2.41. The second-order valence-electron chi connectivity index (χ2n) is 9.23. The van der Waals surface area contributed by atoms with Crippen molar-refractivity contribution in [1.29, 1.82) is 0 Å². The topological polar surface area (TPSA) is 32.9 Å². The van der Waals surface area contributed by atoms with Gasteiger partial charge in [0.1, 0.15) is 5.78 Å². The van der Waals surface area contributed by atoms with Crippen LogP contribution < -0.4 is 0 Å². The predicted molar refractivity (Wildman–Crippen MR) is 120 cm³/mol. The van der Waals surface area contributed by atoms with E-state index in [1.807, 2.05) is 12.1 Å². The summed E-state index contributed by atoms with van der Waals surface area (Å²) in [5.41, 5.74) is 4.54. The Morgan fingerprint density at radius 3 is 2.48 bits per heavy atom. The first-order chi connectivity index (χ1) is 14.1. The van der Waals surface area contributed by atoms with E-state index in [4.69, 9.17) is 11.6 Å². The molecule has 0 bridgehead atoms. The van der Waals surface area contributed by atoms with Crippen molar-refractivity contribution >= 4 is 28.3 Å². The van der Waals surface area contributed by atoms with Gasteiger partial charge in [0, 0.05) is 39.0 Å². The summed E-state index contributed by atoms with van der Waals surface area (Å²) in [5, 5.41) is 1.96. The number of Topliss-reactive ketones (excluding diaryl/α,β-unsaturated/α-hetero) is 1. The van der Waals surface area contributed by atoms with Gasteiger partial charge in [-0.3, -0.25) is 4.79 Å². The van der Waals surface area contributed by atoms with Gasteiger partial charge in [0.15, 0.2) is 0 Å². The van der Waals surface area contributed by atoms with E-state index >= 15 is 0 Å². The molecule has 29 heavy (non-hydrogen) atoms. The van der Waals surface area contributed by atoms with Crippen molar-refractivity contribution in [2.24, 2.45) is 17.8 Å². The Bertz CT molecular complexity index is 1000. The number of aromatic nitrogens is 1. The fourth-order valence-electron chi connectivity index (χ4n) is 5.22. The van der Waals surface area contributed by atoms with E-state index in [0.717, 1.165) is 53.4 Å². The fraction of sp³-hybridized carbons (Fsp3) is 0.423. The zero-order valence-corrected chi connectivity index (χ0v) is 17.7. The molecule has 2 saturated carbocycles. The smallest absolute Gasteiger partial charge is 0.139 e. The van der Waals surface area contributed by atoms with Gasteiger partial charge in [0.25, 0.3) is 0 Å². The Morgan fingerprint density at radius 2 is 1.72 bits per heavy atom. The number of para-hydroxylation sites is 1. The summed E-state index contributed by atoms with van der Waals surface area (Å²) in [6, 6.07) is 16.8. The van der Waals surface area contributed by atoms with Gasteiger partial charge in [-0.05, 0) is 67.3 Å². The first-order valence-electron chi connectivity index (χ1n) is 11.0. The molecule has 0 spiro atoms. The number of ketones is 1. The van der Waals surface area contributed by atoms with Gasteiger partial charge in [0.2, 0.25) is 0 Å². The highest BCUT2D eigenvalue weighted by atomic mass is 35.5. The van der Waals surface area contributed by atoms with Gasteiger partial charge in [-0.25, -0.2) is 0 Å². The van der Waals surface area contributed by atoms with Gasteiger partial charge < -0.3 is 4.98 Å². The van der Waals surface area contributed by atoms with Crippen LogP contribution in [0, 0.1) is 17.8 Å². The summed E-state index contributed by atoms with van der Waals surface area (Å²) in [7, 11) is 0. The van der Waals surface area contributed by atoms with Crippen LogP contribution in [0.5, 0.6) is 0 Å². The highest BCUT2D eigenvalue weighted by Crippen LogP contribution is 2.46. The Morgan fingerprint density at radius 1 is 0.966 bits per heavy atom. The van der Waals surface area contributed by atoms with Crippen molar-refractivity contribution in [2.45, 2.75) is 51.4 Å². The minimum Gasteiger partial charge on any atom is -0.354 e. The highest BCUT2D eigenvalue weighted by Gasteiger charge is 2.39. The number of halogens is 1. The number of aromatic amines is 1. The number of rotatable bonds is 4. The number of fused-ring (bicyclic) bond motifs is 1. The van der Waals surface area contributed by atoms with E-state index in [-0.39, 0.29) is 5.92 Å². The van der Waals surface area contributed by atoms with Crippen LogP contribution in [0.4, 0.5) is 0 Å². The van der Waals surface area contributed by atoms with Gasteiger partial charge >= 0.3 is 0 Å². The van der Waals surface area contributed by atoms with Crippen LogP contribution in [0.3, 0.4) is 0 Å². The summed E-state index contributed by atoms with van der Waals surface area (Å²) in [6.45, 7) is 2.31. The van der Waals surface area contributed by atoms with Crippen molar-refractivity contribution in [2.75, 3.05) is 0 Å². The van der Waals surface area contributed by atoms with Crippen LogP contribution >= 0.6 is 11.6 Å². The summed E-state index contributed by atoms with van der Waals surface area (Å²) < 4.78 is 0. The maximum Gasteiger partial charge on any atom is 0.139 e. The van der Waals surface area contributed by atoms with Crippen LogP contribution in [-0.2, 0) is 4.79 Å². The van der Waals surface area contributed by atoms with Crippen LogP contribution in [0.1, 0.15) is 56.9 Å². The van der Waals surface area contributed by atoms with E-state index < -0.39 is 0 Å². The zero-order valence-electron chi connectivity index (χ0n) is 17.0. The number of hydrogen-bond donors (Lipinski definition) is 1. The standard InChI is InChI=1S/C26H28ClNO/c1-16-6-8-17(9-7-16)26(29)21-12-20(13-21)18-10-11-23(27)22(14-18)25-15-19-4-2-3-5-24(19)28-25/h2-5,10-11,14-17,20-21,28H,6-9,12-13H2,1H3. The van der Waals surface area contributed by atoms with E-state index in [1.54, 1.807) is 0 Å².